The molecule has 1 aliphatic rings. The van der Waals surface area contributed by atoms with Crippen molar-refractivity contribution in [3.63, 3.8) is 0 Å². The number of H-pyrrole nitrogens is 2. The highest BCUT2D eigenvalue weighted by Gasteiger charge is 2.25. The molecule has 0 radical (unpaired) electrons. The number of benzene rings is 2. The molecule has 1 aliphatic heterocycles. The fourth-order valence-corrected chi connectivity index (χ4v) is 4.42. The second-order valence-electron chi connectivity index (χ2n) is 8.75. The van der Waals surface area contributed by atoms with Crippen LogP contribution >= 0.6 is 0 Å². The number of ether oxygens (including phenoxy) is 1. The molecule has 190 valence electrons. The number of rotatable bonds is 9. The summed E-state index contributed by atoms with van der Waals surface area (Å²) in [6, 6.07) is 12.1. The van der Waals surface area contributed by atoms with E-state index in [1.165, 1.54) is 17.3 Å². The highest BCUT2D eigenvalue weighted by Crippen LogP contribution is 2.37. The van der Waals surface area contributed by atoms with Crippen molar-refractivity contribution in [2.45, 2.75) is 33.5 Å². The Morgan fingerprint density at radius 1 is 1.16 bits per heavy atom. The lowest BCUT2D eigenvalue weighted by molar-refractivity contribution is 0.157. The zero-order chi connectivity index (χ0) is 25.8. The molecule has 0 aliphatic carbocycles. The smallest absolute Gasteiger partial charge is 0.405 e. The molecule has 0 saturated carbocycles. The minimum atomic E-state index is -0.436. The SMILES string of the molecule is CCN(CC)C(=O)Oc1c(-c2ccc(CN/C=C\C=N)cc2)n[nH]c1-c1nc2cc3c(cc2[nH]1)CNC3. The maximum Gasteiger partial charge on any atom is 0.415 e. The summed E-state index contributed by atoms with van der Waals surface area (Å²) in [5.74, 6) is 0.900. The number of aromatic nitrogens is 4. The van der Waals surface area contributed by atoms with Crippen LogP contribution in [-0.2, 0) is 19.6 Å². The molecule has 0 atom stereocenters. The lowest BCUT2D eigenvalue weighted by Gasteiger charge is -2.18. The monoisotopic (exact) mass is 498 g/mol. The number of carbonyl (C=O) groups excluding carboxylic acids is 1. The fraction of sp³-hybridized carbons (Fsp3) is 0.259. The minimum absolute atomic E-state index is 0.338. The Labute approximate surface area is 214 Å². The molecule has 5 N–H and O–H groups in total. The van der Waals surface area contributed by atoms with Crippen LogP contribution < -0.4 is 15.4 Å². The van der Waals surface area contributed by atoms with E-state index >= 15 is 0 Å². The summed E-state index contributed by atoms with van der Waals surface area (Å²) in [7, 11) is 0. The maximum atomic E-state index is 13.0. The van der Waals surface area contributed by atoms with Crippen LogP contribution in [0.3, 0.4) is 0 Å². The first-order valence-corrected chi connectivity index (χ1v) is 12.4. The molecule has 2 aromatic carbocycles. The highest BCUT2D eigenvalue weighted by molar-refractivity contribution is 5.85. The van der Waals surface area contributed by atoms with Crippen molar-refractivity contribution >= 4 is 23.3 Å². The Morgan fingerprint density at radius 3 is 2.65 bits per heavy atom. The molecule has 0 bridgehead atoms. The number of imidazole rings is 1. The minimum Gasteiger partial charge on any atom is -0.405 e. The molecule has 10 heteroatoms. The average Bonchev–Trinajstić information content (AvgIpc) is 3.64. The van der Waals surface area contributed by atoms with Gasteiger partial charge in [-0.25, -0.2) is 9.78 Å². The van der Waals surface area contributed by atoms with E-state index in [9.17, 15) is 4.79 Å². The van der Waals surface area contributed by atoms with Gasteiger partial charge in [0.25, 0.3) is 0 Å². The standard InChI is InChI=1S/C27H30N8O2/c1-3-35(4-2)27(36)37-25-23(18-8-6-17(7-9-18)14-29-11-5-10-28)33-34-24(25)26-31-21-12-19-15-30-16-20(19)13-22(21)32-26/h5-13,28-30H,3-4,14-16H2,1-2H3,(H,31,32)(H,33,34)/b11-5-,28-10?. The third-order valence-corrected chi connectivity index (χ3v) is 6.45. The first-order chi connectivity index (χ1) is 18.1. The van der Waals surface area contributed by atoms with Gasteiger partial charge >= 0.3 is 6.09 Å². The van der Waals surface area contributed by atoms with Crippen molar-refractivity contribution in [3.8, 4) is 28.5 Å². The van der Waals surface area contributed by atoms with Crippen LogP contribution in [0.25, 0.3) is 33.8 Å². The average molecular weight is 499 g/mol. The van der Waals surface area contributed by atoms with Crippen molar-refractivity contribution in [3.05, 3.63) is 65.4 Å². The topological polar surface area (TPSA) is 135 Å². The number of allylic oxidation sites excluding steroid dienone is 1. The third-order valence-electron chi connectivity index (χ3n) is 6.45. The second kappa shape index (κ2) is 10.7. The number of nitrogens with zero attached hydrogens (tertiary/aromatic N) is 3. The zero-order valence-electron chi connectivity index (χ0n) is 20.9. The van der Waals surface area contributed by atoms with E-state index in [1.807, 2.05) is 38.1 Å². The van der Waals surface area contributed by atoms with Crippen LogP contribution in [-0.4, -0.2) is 50.5 Å². The number of fused-ring (bicyclic) bond motifs is 2. The van der Waals surface area contributed by atoms with Crippen LogP contribution in [0.5, 0.6) is 5.75 Å². The first-order valence-electron chi connectivity index (χ1n) is 12.4. The van der Waals surface area contributed by atoms with Crippen molar-refractivity contribution in [1.29, 1.82) is 5.41 Å². The Hall–Kier alpha value is -4.44. The van der Waals surface area contributed by atoms with E-state index in [4.69, 9.17) is 15.1 Å². The first kappa shape index (κ1) is 24.3. The van der Waals surface area contributed by atoms with Gasteiger partial charge in [0.05, 0.1) is 11.0 Å². The Bertz CT molecular complexity index is 1410. The second-order valence-corrected chi connectivity index (χ2v) is 8.75. The normalized spacial score (nSPS) is 12.7. The number of amides is 1. The van der Waals surface area contributed by atoms with Crippen LogP contribution in [0.4, 0.5) is 4.79 Å². The molecule has 0 saturated heterocycles. The van der Waals surface area contributed by atoms with Gasteiger partial charge in [0.2, 0.25) is 0 Å². The Morgan fingerprint density at radius 2 is 1.92 bits per heavy atom. The molecule has 0 spiro atoms. The lowest BCUT2D eigenvalue weighted by Crippen LogP contribution is -2.33. The predicted molar refractivity (Wildman–Crippen MR) is 143 cm³/mol. The molecule has 0 fully saturated rings. The number of hydrogen-bond acceptors (Lipinski definition) is 7. The van der Waals surface area contributed by atoms with Gasteiger partial charge in [-0.15, -0.1) is 0 Å². The van der Waals surface area contributed by atoms with Gasteiger partial charge in [-0.1, -0.05) is 24.3 Å². The predicted octanol–water partition coefficient (Wildman–Crippen LogP) is 4.32. The van der Waals surface area contributed by atoms with Gasteiger partial charge in [-0.05, 0) is 54.9 Å². The summed E-state index contributed by atoms with van der Waals surface area (Å²) in [6.07, 6.45) is 4.13. The largest absolute Gasteiger partial charge is 0.415 e. The molecule has 37 heavy (non-hydrogen) atoms. The van der Waals surface area contributed by atoms with Crippen LogP contribution in [0.2, 0.25) is 0 Å². The Balaban J connectivity index is 1.51. The number of hydrogen-bond donors (Lipinski definition) is 5. The van der Waals surface area contributed by atoms with E-state index in [2.05, 4.69) is 37.9 Å². The molecule has 5 rings (SSSR count). The molecule has 10 nitrogen and oxygen atoms in total. The van der Waals surface area contributed by atoms with Gasteiger partial charge in [-0.3, -0.25) is 5.10 Å². The zero-order valence-corrected chi connectivity index (χ0v) is 20.9. The summed E-state index contributed by atoms with van der Waals surface area (Å²) in [5, 5.41) is 21.1. The molecule has 0 unspecified atom stereocenters. The summed E-state index contributed by atoms with van der Waals surface area (Å²) < 4.78 is 5.95. The van der Waals surface area contributed by atoms with Crippen molar-refractivity contribution < 1.29 is 9.53 Å². The Kier molecular flexibility index (Phi) is 7.00. The van der Waals surface area contributed by atoms with Crippen LogP contribution in [0.15, 0.2) is 48.7 Å². The van der Waals surface area contributed by atoms with Crippen LogP contribution in [0, 0.1) is 5.41 Å². The van der Waals surface area contributed by atoms with E-state index in [-0.39, 0.29) is 0 Å². The summed E-state index contributed by atoms with van der Waals surface area (Å²) >= 11 is 0. The van der Waals surface area contributed by atoms with Crippen molar-refractivity contribution in [2.24, 2.45) is 0 Å². The van der Waals surface area contributed by atoms with Gasteiger partial charge in [0, 0.05) is 44.5 Å². The number of nitrogens with one attached hydrogen (secondary N) is 5. The molecule has 1 amide bonds. The molecule has 4 aromatic rings. The third kappa shape index (κ3) is 4.96. The number of aromatic amines is 2. The van der Waals surface area contributed by atoms with Gasteiger partial charge < -0.3 is 30.7 Å². The molecule has 3 heterocycles. The van der Waals surface area contributed by atoms with E-state index in [1.54, 1.807) is 17.2 Å². The summed E-state index contributed by atoms with van der Waals surface area (Å²) in [6.45, 7) is 7.20. The number of carbonyl (C=O) groups is 1. The van der Waals surface area contributed by atoms with E-state index < -0.39 is 6.09 Å². The lowest BCUT2D eigenvalue weighted by atomic mass is 10.1. The quantitative estimate of drug-likeness (QED) is 0.218. The fourth-order valence-electron chi connectivity index (χ4n) is 4.42. The molecular formula is C27H30N8O2. The van der Waals surface area contributed by atoms with Gasteiger partial charge in [0.1, 0.15) is 11.4 Å². The van der Waals surface area contributed by atoms with Gasteiger partial charge in [0.15, 0.2) is 11.6 Å². The summed E-state index contributed by atoms with van der Waals surface area (Å²) in [4.78, 5) is 22.8. The highest BCUT2D eigenvalue weighted by atomic mass is 16.6. The van der Waals surface area contributed by atoms with Crippen molar-refractivity contribution in [1.82, 2.24) is 35.7 Å². The molecule has 2 aromatic heterocycles. The van der Waals surface area contributed by atoms with Crippen LogP contribution in [0.1, 0.15) is 30.5 Å². The van der Waals surface area contributed by atoms with Crippen molar-refractivity contribution in [2.75, 3.05) is 13.1 Å². The maximum absolute atomic E-state index is 13.0. The molecular weight excluding hydrogens is 468 g/mol. The van der Waals surface area contributed by atoms with E-state index in [0.717, 1.165) is 35.2 Å². The van der Waals surface area contributed by atoms with Gasteiger partial charge in [-0.2, -0.15) is 5.10 Å². The van der Waals surface area contributed by atoms with E-state index in [0.29, 0.717) is 42.6 Å². The summed E-state index contributed by atoms with van der Waals surface area (Å²) in [5.41, 5.74) is 7.20.